The van der Waals surface area contributed by atoms with E-state index in [1.54, 1.807) is 7.11 Å². The molecule has 1 aliphatic rings. The van der Waals surface area contributed by atoms with Crippen LogP contribution in [0.1, 0.15) is 42.2 Å². The van der Waals surface area contributed by atoms with Crippen molar-refractivity contribution in [2.45, 2.75) is 32.7 Å². The molecular weight excluding hydrogens is 418 g/mol. The Balaban J connectivity index is 1.54. The van der Waals surface area contributed by atoms with Gasteiger partial charge in [0, 0.05) is 25.7 Å². The first-order chi connectivity index (χ1) is 15.1. The number of nitrogens with zero attached hydrogens (tertiary/aromatic N) is 4. The zero-order valence-electron chi connectivity index (χ0n) is 17.6. The van der Waals surface area contributed by atoms with Gasteiger partial charge in [-0.05, 0) is 43.9 Å². The van der Waals surface area contributed by atoms with E-state index < -0.39 is 11.5 Å². The van der Waals surface area contributed by atoms with Crippen LogP contribution in [0.2, 0.25) is 0 Å². The van der Waals surface area contributed by atoms with Crippen LogP contribution in [0.4, 0.5) is 5.13 Å². The van der Waals surface area contributed by atoms with Gasteiger partial charge in [-0.3, -0.25) is 9.59 Å². The lowest BCUT2D eigenvalue weighted by molar-refractivity contribution is 0.0943. The van der Waals surface area contributed by atoms with Gasteiger partial charge in [-0.2, -0.15) is 9.50 Å². The fraction of sp³-hybridized carbons (Fsp3) is 0.429. The van der Waals surface area contributed by atoms with Gasteiger partial charge in [-0.1, -0.05) is 17.4 Å². The average Bonchev–Trinajstić information content (AvgIpc) is 3.22. The summed E-state index contributed by atoms with van der Waals surface area (Å²) in [6.07, 6.45) is 3.43. The summed E-state index contributed by atoms with van der Waals surface area (Å²) in [4.78, 5) is 31.6. The third kappa shape index (κ3) is 4.63. The largest absolute Gasteiger partial charge is 0.493 e. The molecule has 31 heavy (non-hydrogen) atoms. The number of fused-ring (bicyclic) bond motifs is 1. The monoisotopic (exact) mass is 443 g/mol. The predicted octanol–water partition coefficient (Wildman–Crippen LogP) is 2.48. The van der Waals surface area contributed by atoms with Gasteiger partial charge in [0.2, 0.25) is 10.1 Å². The third-order valence-corrected chi connectivity index (χ3v) is 6.05. The second-order valence-electron chi connectivity index (χ2n) is 7.21. The number of methoxy groups -OCH3 is 1. The van der Waals surface area contributed by atoms with Gasteiger partial charge in [0.15, 0.2) is 11.5 Å². The standard InChI is InChI=1S/C21H25N5O4S/c1-3-30-16-8-7-14(11-17(16)29-2)13-22-19(28)15-12-18(27)23-20-26(15)24-21(31-20)25-9-5-4-6-10-25/h7-8,11-12H,3-6,9-10,13H2,1-2H3,(H,22,28). The van der Waals surface area contributed by atoms with E-state index in [9.17, 15) is 9.59 Å². The fourth-order valence-corrected chi connectivity index (χ4v) is 4.51. The molecule has 2 aromatic heterocycles. The minimum Gasteiger partial charge on any atom is -0.493 e. The Kier molecular flexibility index (Phi) is 6.36. The number of hydrogen-bond acceptors (Lipinski definition) is 8. The van der Waals surface area contributed by atoms with Crippen LogP contribution in [0, 0.1) is 0 Å². The molecule has 0 spiro atoms. The van der Waals surface area contributed by atoms with Gasteiger partial charge in [0.05, 0.1) is 13.7 Å². The minimum atomic E-state index is -0.457. The number of hydrogen-bond donors (Lipinski definition) is 1. The van der Waals surface area contributed by atoms with Crippen LogP contribution in [-0.2, 0) is 6.54 Å². The van der Waals surface area contributed by atoms with Crippen molar-refractivity contribution in [2.24, 2.45) is 0 Å². The molecule has 0 unspecified atom stereocenters. The van der Waals surface area contributed by atoms with Gasteiger partial charge in [0.25, 0.3) is 11.5 Å². The normalized spacial score (nSPS) is 13.9. The van der Waals surface area contributed by atoms with Gasteiger partial charge < -0.3 is 19.7 Å². The highest BCUT2D eigenvalue weighted by Gasteiger charge is 2.20. The van der Waals surface area contributed by atoms with Crippen LogP contribution in [-0.4, -0.2) is 47.3 Å². The lowest BCUT2D eigenvalue weighted by atomic mass is 10.1. The smallest absolute Gasteiger partial charge is 0.274 e. The highest BCUT2D eigenvalue weighted by molar-refractivity contribution is 7.20. The maximum absolute atomic E-state index is 12.9. The summed E-state index contributed by atoms with van der Waals surface area (Å²) in [6, 6.07) is 6.71. The molecule has 1 N–H and O–H groups in total. The van der Waals surface area contributed by atoms with E-state index in [0.717, 1.165) is 36.6 Å². The molecule has 3 aromatic rings. The molecule has 0 atom stereocenters. The van der Waals surface area contributed by atoms with Gasteiger partial charge in [0.1, 0.15) is 5.69 Å². The summed E-state index contributed by atoms with van der Waals surface area (Å²) in [5, 5.41) is 8.21. The Labute approximate surface area is 183 Å². The van der Waals surface area contributed by atoms with Crippen LogP contribution in [0.15, 0.2) is 29.1 Å². The lowest BCUT2D eigenvalue weighted by Gasteiger charge is -2.25. The van der Waals surface area contributed by atoms with Crippen molar-refractivity contribution >= 4 is 27.3 Å². The molecule has 1 amide bonds. The molecule has 9 nitrogen and oxygen atoms in total. The SMILES string of the molecule is CCOc1ccc(CNC(=O)c2cc(=O)nc3sc(N4CCCCC4)nn23)cc1OC. The second kappa shape index (κ2) is 9.34. The van der Waals surface area contributed by atoms with E-state index in [1.165, 1.54) is 28.3 Å². The molecule has 0 bridgehead atoms. The molecule has 1 aliphatic heterocycles. The van der Waals surface area contributed by atoms with Crippen LogP contribution < -0.4 is 25.2 Å². The molecule has 0 radical (unpaired) electrons. The topological polar surface area (TPSA) is 98.1 Å². The number of benzene rings is 1. The Bertz CT molecular complexity index is 1140. The van der Waals surface area contributed by atoms with E-state index in [2.05, 4.69) is 20.3 Å². The molecule has 10 heteroatoms. The lowest BCUT2D eigenvalue weighted by Crippen LogP contribution is -2.30. The van der Waals surface area contributed by atoms with E-state index in [0.29, 0.717) is 23.1 Å². The van der Waals surface area contributed by atoms with Crippen LogP contribution >= 0.6 is 11.3 Å². The molecule has 0 aliphatic carbocycles. The van der Waals surface area contributed by atoms with Crippen LogP contribution in [0.3, 0.4) is 0 Å². The molecule has 0 saturated carbocycles. The number of carbonyl (C=O) groups excluding carboxylic acids is 1. The van der Waals surface area contributed by atoms with E-state index in [4.69, 9.17) is 9.47 Å². The summed E-state index contributed by atoms with van der Waals surface area (Å²) < 4.78 is 12.3. The number of ether oxygens (including phenoxy) is 2. The zero-order valence-corrected chi connectivity index (χ0v) is 18.4. The number of aromatic nitrogens is 3. The van der Waals surface area contributed by atoms with Crippen molar-refractivity contribution in [3.63, 3.8) is 0 Å². The van der Waals surface area contributed by atoms with Crippen molar-refractivity contribution in [1.29, 1.82) is 0 Å². The van der Waals surface area contributed by atoms with Crippen LogP contribution in [0.5, 0.6) is 11.5 Å². The molecule has 3 heterocycles. The number of rotatable bonds is 7. The maximum Gasteiger partial charge on any atom is 0.274 e. The summed E-state index contributed by atoms with van der Waals surface area (Å²) in [6.45, 7) is 4.55. The first-order valence-corrected chi connectivity index (χ1v) is 11.1. The fourth-order valence-electron chi connectivity index (χ4n) is 3.55. The van der Waals surface area contributed by atoms with Gasteiger partial charge in [-0.15, -0.1) is 5.10 Å². The Morgan fingerprint density at radius 3 is 2.74 bits per heavy atom. The highest BCUT2D eigenvalue weighted by Crippen LogP contribution is 2.28. The van der Waals surface area contributed by atoms with Crippen molar-refractivity contribution < 1.29 is 14.3 Å². The zero-order chi connectivity index (χ0) is 21.8. The van der Waals surface area contributed by atoms with E-state index >= 15 is 0 Å². The summed E-state index contributed by atoms with van der Waals surface area (Å²) >= 11 is 1.33. The summed E-state index contributed by atoms with van der Waals surface area (Å²) in [7, 11) is 1.57. The Morgan fingerprint density at radius 1 is 1.19 bits per heavy atom. The number of nitrogens with one attached hydrogen (secondary N) is 1. The molecule has 1 fully saturated rings. The second-order valence-corrected chi connectivity index (χ2v) is 8.14. The number of carbonyl (C=O) groups is 1. The van der Waals surface area contributed by atoms with Crippen molar-refractivity contribution in [3.8, 4) is 11.5 Å². The number of amides is 1. The Hall–Kier alpha value is -3.14. The highest BCUT2D eigenvalue weighted by atomic mass is 32.1. The average molecular weight is 444 g/mol. The van der Waals surface area contributed by atoms with Gasteiger partial charge in [-0.25, -0.2) is 0 Å². The molecular formula is C21H25N5O4S. The summed E-state index contributed by atoms with van der Waals surface area (Å²) in [5.41, 5.74) is 0.563. The quantitative estimate of drug-likeness (QED) is 0.599. The first kappa shape index (κ1) is 21.1. The van der Waals surface area contributed by atoms with Crippen molar-refractivity contribution in [3.05, 3.63) is 45.9 Å². The third-order valence-electron chi connectivity index (χ3n) is 5.08. The molecule has 4 rings (SSSR count). The molecule has 164 valence electrons. The van der Waals surface area contributed by atoms with E-state index in [-0.39, 0.29) is 12.2 Å². The van der Waals surface area contributed by atoms with E-state index in [1.807, 2.05) is 25.1 Å². The van der Waals surface area contributed by atoms with Crippen LogP contribution in [0.25, 0.3) is 4.96 Å². The van der Waals surface area contributed by atoms with Crippen molar-refractivity contribution in [1.82, 2.24) is 19.9 Å². The maximum atomic E-state index is 12.9. The first-order valence-electron chi connectivity index (χ1n) is 10.3. The summed E-state index contributed by atoms with van der Waals surface area (Å²) in [5.74, 6) is 0.856. The molecule has 1 saturated heterocycles. The Morgan fingerprint density at radius 2 is 2.00 bits per heavy atom. The minimum absolute atomic E-state index is 0.174. The number of anilines is 1. The van der Waals surface area contributed by atoms with Crippen molar-refractivity contribution in [2.75, 3.05) is 31.7 Å². The van der Waals surface area contributed by atoms with Gasteiger partial charge >= 0.3 is 0 Å². The predicted molar refractivity (Wildman–Crippen MR) is 119 cm³/mol. The molecule has 1 aromatic carbocycles. The number of piperidine rings is 1.